The van der Waals surface area contributed by atoms with Crippen LogP contribution in [0, 0.1) is 0 Å². The SMILES string of the molecule is O=C(CC(O)c1ccccc1)NCCc1nc(C(F)(F)F)cs1. The predicted molar refractivity (Wildman–Crippen MR) is 79.8 cm³/mol. The van der Waals surface area contributed by atoms with Gasteiger partial charge in [0.15, 0.2) is 5.69 Å². The van der Waals surface area contributed by atoms with Gasteiger partial charge in [-0.25, -0.2) is 4.98 Å². The molecule has 0 aliphatic carbocycles. The summed E-state index contributed by atoms with van der Waals surface area (Å²) in [6, 6.07) is 8.76. The highest BCUT2D eigenvalue weighted by Gasteiger charge is 2.33. The number of nitrogens with zero attached hydrogens (tertiary/aromatic N) is 1. The maximum absolute atomic E-state index is 12.4. The van der Waals surface area contributed by atoms with E-state index >= 15 is 0 Å². The van der Waals surface area contributed by atoms with Crippen LogP contribution in [0.5, 0.6) is 0 Å². The van der Waals surface area contributed by atoms with Crippen molar-refractivity contribution in [2.24, 2.45) is 0 Å². The number of alkyl halides is 3. The first-order valence-corrected chi connectivity index (χ1v) is 7.75. The number of carbonyl (C=O) groups is 1. The molecule has 0 bridgehead atoms. The second-order valence-corrected chi connectivity index (χ2v) is 5.80. The van der Waals surface area contributed by atoms with E-state index in [9.17, 15) is 23.1 Å². The van der Waals surface area contributed by atoms with Crippen LogP contribution in [0.4, 0.5) is 13.2 Å². The number of thiazole rings is 1. The molecule has 2 rings (SSSR count). The Morgan fingerprint density at radius 2 is 2.00 bits per heavy atom. The van der Waals surface area contributed by atoms with Crippen molar-refractivity contribution in [3.63, 3.8) is 0 Å². The van der Waals surface area contributed by atoms with Gasteiger partial charge < -0.3 is 10.4 Å². The highest BCUT2D eigenvalue weighted by Crippen LogP contribution is 2.30. The van der Waals surface area contributed by atoms with Gasteiger partial charge in [-0.1, -0.05) is 30.3 Å². The molecule has 0 radical (unpaired) electrons. The lowest BCUT2D eigenvalue weighted by molar-refractivity contribution is -0.140. The molecule has 1 amide bonds. The Kier molecular flexibility index (Phi) is 5.73. The van der Waals surface area contributed by atoms with E-state index in [0.29, 0.717) is 10.6 Å². The lowest BCUT2D eigenvalue weighted by atomic mass is 10.1. The van der Waals surface area contributed by atoms with Crippen LogP contribution in [0.25, 0.3) is 0 Å². The van der Waals surface area contributed by atoms with Crippen molar-refractivity contribution in [1.82, 2.24) is 10.3 Å². The van der Waals surface area contributed by atoms with Crippen molar-refractivity contribution in [3.8, 4) is 0 Å². The molecule has 1 unspecified atom stereocenters. The Morgan fingerprint density at radius 1 is 1.30 bits per heavy atom. The minimum absolute atomic E-state index is 0.102. The van der Waals surface area contributed by atoms with Crippen molar-refractivity contribution < 1.29 is 23.1 Å². The van der Waals surface area contributed by atoms with E-state index < -0.39 is 18.0 Å². The fourth-order valence-corrected chi connectivity index (χ4v) is 2.71. The second-order valence-electron chi connectivity index (χ2n) is 4.85. The van der Waals surface area contributed by atoms with Crippen LogP contribution in [0.2, 0.25) is 0 Å². The van der Waals surface area contributed by atoms with E-state index in [1.807, 2.05) is 0 Å². The summed E-state index contributed by atoms with van der Waals surface area (Å²) >= 11 is 0.907. The molecule has 8 heteroatoms. The molecule has 2 N–H and O–H groups in total. The zero-order valence-electron chi connectivity index (χ0n) is 12.0. The normalized spacial score (nSPS) is 12.9. The predicted octanol–water partition coefficient (Wildman–Crippen LogP) is 2.94. The zero-order chi connectivity index (χ0) is 16.9. The first-order chi connectivity index (χ1) is 10.9. The average Bonchev–Trinajstić information content (AvgIpc) is 2.97. The number of aliphatic hydroxyl groups is 1. The minimum atomic E-state index is -4.45. The van der Waals surface area contributed by atoms with Crippen LogP contribution in [0.3, 0.4) is 0 Å². The molecule has 124 valence electrons. The van der Waals surface area contributed by atoms with Gasteiger partial charge in [0.25, 0.3) is 0 Å². The van der Waals surface area contributed by atoms with Gasteiger partial charge in [0.2, 0.25) is 5.91 Å². The zero-order valence-corrected chi connectivity index (χ0v) is 12.8. The molecule has 0 saturated heterocycles. The fourth-order valence-electron chi connectivity index (χ4n) is 1.91. The Bertz CT molecular complexity index is 644. The van der Waals surface area contributed by atoms with Gasteiger partial charge in [-0.05, 0) is 5.56 Å². The lowest BCUT2D eigenvalue weighted by Gasteiger charge is -2.10. The van der Waals surface area contributed by atoms with E-state index in [4.69, 9.17) is 0 Å². The smallest absolute Gasteiger partial charge is 0.388 e. The van der Waals surface area contributed by atoms with Gasteiger partial charge in [-0.15, -0.1) is 11.3 Å². The van der Waals surface area contributed by atoms with Gasteiger partial charge in [-0.3, -0.25) is 4.79 Å². The lowest BCUT2D eigenvalue weighted by Crippen LogP contribution is -2.27. The Hall–Kier alpha value is -1.93. The molecule has 1 aromatic heterocycles. The third-order valence-electron chi connectivity index (χ3n) is 3.07. The standard InChI is InChI=1S/C15H15F3N2O2S/c16-15(17,18)12-9-23-14(20-12)6-7-19-13(22)8-11(21)10-4-2-1-3-5-10/h1-5,9,11,21H,6-8H2,(H,19,22). The number of hydrogen-bond donors (Lipinski definition) is 2. The van der Waals surface area contributed by atoms with Gasteiger partial charge >= 0.3 is 6.18 Å². The first kappa shape index (κ1) is 17.4. The second kappa shape index (κ2) is 7.56. The average molecular weight is 344 g/mol. The van der Waals surface area contributed by atoms with Crippen LogP contribution in [0.1, 0.15) is 28.8 Å². The topological polar surface area (TPSA) is 62.2 Å². The van der Waals surface area contributed by atoms with Crippen LogP contribution in [0.15, 0.2) is 35.7 Å². The quantitative estimate of drug-likeness (QED) is 0.847. The third-order valence-corrected chi connectivity index (χ3v) is 3.97. The Balaban J connectivity index is 1.76. The number of nitrogens with one attached hydrogen (secondary N) is 1. The maximum atomic E-state index is 12.4. The first-order valence-electron chi connectivity index (χ1n) is 6.87. The molecule has 23 heavy (non-hydrogen) atoms. The number of carbonyl (C=O) groups excluding carboxylic acids is 1. The molecule has 0 fully saturated rings. The largest absolute Gasteiger partial charge is 0.434 e. The van der Waals surface area contributed by atoms with E-state index in [0.717, 1.165) is 16.7 Å². The van der Waals surface area contributed by atoms with E-state index in [2.05, 4.69) is 10.3 Å². The van der Waals surface area contributed by atoms with Gasteiger partial charge in [-0.2, -0.15) is 13.2 Å². The molecular weight excluding hydrogens is 329 g/mol. The van der Waals surface area contributed by atoms with Crippen molar-refractivity contribution in [3.05, 3.63) is 52.0 Å². The molecule has 0 aliphatic rings. The van der Waals surface area contributed by atoms with Gasteiger partial charge in [0.05, 0.1) is 17.5 Å². The number of halogens is 3. The van der Waals surface area contributed by atoms with E-state index in [1.54, 1.807) is 30.3 Å². The summed E-state index contributed by atoms with van der Waals surface area (Å²) in [5.41, 5.74) is -0.277. The van der Waals surface area contributed by atoms with Crippen LogP contribution in [-0.2, 0) is 17.4 Å². The summed E-state index contributed by atoms with van der Waals surface area (Å²) < 4.78 is 37.2. The molecule has 0 saturated carbocycles. The summed E-state index contributed by atoms with van der Waals surface area (Å²) in [7, 11) is 0. The summed E-state index contributed by atoms with van der Waals surface area (Å²) in [5.74, 6) is -0.367. The molecule has 2 aromatic rings. The molecule has 4 nitrogen and oxygen atoms in total. The summed E-state index contributed by atoms with van der Waals surface area (Å²) in [6.07, 6.45) is -5.24. The third kappa shape index (κ3) is 5.33. The van der Waals surface area contributed by atoms with E-state index in [-0.39, 0.29) is 25.3 Å². The van der Waals surface area contributed by atoms with Crippen molar-refractivity contribution in [1.29, 1.82) is 0 Å². The van der Waals surface area contributed by atoms with Gasteiger partial charge in [0.1, 0.15) is 0 Å². The maximum Gasteiger partial charge on any atom is 0.434 e. The molecule has 1 atom stereocenters. The van der Waals surface area contributed by atoms with Crippen molar-refractivity contribution in [2.45, 2.75) is 25.1 Å². The number of benzene rings is 1. The molecule has 0 aliphatic heterocycles. The van der Waals surface area contributed by atoms with Gasteiger partial charge in [0, 0.05) is 18.3 Å². The summed E-state index contributed by atoms with van der Waals surface area (Å²) in [6.45, 7) is 0.172. The summed E-state index contributed by atoms with van der Waals surface area (Å²) in [4.78, 5) is 15.2. The molecular formula is C15H15F3N2O2S. The monoisotopic (exact) mass is 344 g/mol. The number of rotatable bonds is 6. The van der Waals surface area contributed by atoms with Crippen LogP contribution in [-0.4, -0.2) is 22.5 Å². The van der Waals surface area contributed by atoms with E-state index in [1.165, 1.54) is 0 Å². The molecule has 0 spiro atoms. The van der Waals surface area contributed by atoms with Crippen LogP contribution < -0.4 is 5.32 Å². The number of hydrogen-bond acceptors (Lipinski definition) is 4. The Labute approximate surface area is 135 Å². The summed E-state index contributed by atoms with van der Waals surface area (Å²) in [5, 5.41) is 13.7. The highest BCUT2D eigenvalue weighted by atomic mass is 32.1. The van der Waals surface area contributed by atoms with Crippen molar-refractivity contribution >= 4 is 17.2 Å². The highest BCUT2D eigenvalue weighted by molar-refractivity contribution is 7.09. The van der Waals surface area contributed by atoms with Crippen molar-refractivity contribution in [2.75, 3.05) is 6.54 Å². The minimum Gasteiger partial charge on any atom is -0.388 e. The molecule has 1 aromatic carbocycles. The fraction of sp³-hybridized carbons (Fsp3) is 0.333. The van der Waals surface area contributed by atoms with Crippen LogP contribution >= 0.6 is 11.3 Å². The molecule has 1 heterocycles. The number of aliphatic hydroxyl groups excluding tert-OH is 1. The number of amides is 1. The number of aromatic nitrogens is 1. The Morgan fingerprint density at radius 3 is 2.61 bits per heavy atom.